The molecule has 0 aliphatic carbocycles. The number of ether oxygens (including phenoxy) is 1. The highest BCUT2D eigenvalue weighted by molar-refractivity contribution is 7.80. The van der Waals surface area contributed by atoms with Crippen LogP contribution >= 0.6 is 12.2 Å². The smallest absolute Gasteiger partial charge is 0.232 e. The number of nitrogens with zero attached hydrogens (tertiary/aromatic N) is 5. The second-order valence-electron chi connectivity index (χ2n) is 9.34. The third kappa shape index (κ3) is 6.89. The van der Waals surface area contributed by atoms with Crippen LogP contribution in [0.25, 0.3) is 0 Å². The van der Waals surface area contributed by atoms with Crippen molar-refractivity contribution in [3.63, 3.8) is 0 Å². The van der Waals surface area contributed by atoms with Gasteiger partial charge in [-0.05, 0) is 43.8 Å². The SMILES string of the molecule is C[C@@H]1CCCN(c2cc(N3CCCCCC3)nc(NC(=S)NCCN3CCOCC3)n2)C1. The van der Waals surface area contributed by atoms with E-state index in [1.807, 2.05) is 0 Å². The molecule has 32 heavy (non-hydrogen) atoms. The maximum atomic E-state index is 5.57. The Balaban J connectivity index is 1.42. The molecular formula is C23H39N7OS. The van der Waals surface area contributed by atoms with Gasteiger partial charge in [-0.3, -0.25) is 4.90 Å². The van der Waals surface area contributed by atoms with Gasteiger partial charge in [0.25, 0.3) is 0 Å². The third-order valence-electron chi connectivity index (χ3n) is 6.65. The quantitative estimate of drug-likeness (QED) is 0.622. The Bertz CT molecular complexity index is 715. The molecule has 1 atom stereocenters. The standard InChI is InChI=1S/C23H39N7OS/c1-19-7-6-11-30(18-19)21-17-20(29-9-4-2-3-5-10-29)25-22(26-21)27-23(32)24-8-12-28-13-15-31-16-14-28/h17,19H,2-16,18H2,1H3,(H2,24,25,26,27,32)/t19-/m1/s1. The monoisotopic (exact) mass is 461 g/mol. The van der Waals surface area contributed by atoms with E-state index in [-0.39, 0.29) is 0 Å². The lowest BCUT2D eigenvalue weighted by Gasteiger charge is -2.33. The molecule has 3 aliphatic rings. The summed E-state index contributed by atoms with van der Waals surface area (Å²) in [5.74, 6) is 3.33. The van der Waals surface area contributed by atoms with E-state index in [0.717, 1.165) is 77.2 Å². The molecular weight excluding hydrogens is 422 g/mol. The Kier molecular flexibility index (Phi) is 8.76. The highest BCUT2D eigenvalue weighted by atomic mass is 32.1. The number of hydrogen-bond donors (Lipinski definition) is 2. The molecule has 0 bridgehead atoms. The van der Waals surface area contributed by atoms with Crippen LogP contribution < -0.4 is 20.4 Å². The first-order valence-corrected chi connectivity index (χ1v) is 12.8. The Morgan fingerprint density at radius 2 is 1.69 bits per heavy atom. The second kappa shape index (κ2) is 12.0. The Morgan fingerprint density at radius 1 is 1.00 bits per heavy atom. The zero-order valence-corrected chi connectivity index (χ0v) is 20.3. The van der Waals surface area contributed by atoms with Crippen LogP contribution in [0.1, 0.15) is 45.4 Å². The molecule has 178 valence electrons. The summed E-state index contributed by atoms with van der Waals surface area (Å²) >= 11 is 5.57. The molecule has 0 spiro atoms. The molecule has 3 saturated heterocycles. The molecule has 2 N–H and O–H groups in total. The van der Waals surface area contributed by atoms with Gasteiger partial charge in [0.15, 0.2) is 5.11 Å². The van der Waals surface area contributed by atoms with Crippen molar-refractivity contribution in [1.82, 2.24) is 20.2 Å². The summed E-state index contributed by atoms with van der Waals surface area (Å²) in [6.07, 6.45) is 7.58. The van der Waals surface area contributed by atoms with E-state index < -0.39 is 0 Å². The van der Waals surface area contributed by atoms with Crippen LogP contribution in [0.15, 0.2) is 6.07 Å². The van der Waals surface area contributed by atoms with E-state index in [0.29, 0.717) is 17.0 Å². The van der Waals surface area contributed by atoms with Gasteiger partial charge in [0.05, 0.1) is 13.2 Å². The molecule has 0 amide bonds. The number of thiocarbonyl (C=S) groups is 1. The minimum Gasteiger partial charge on any atom is -0.379 e. The first-order valence-electron chi connectivity index (χ1n) is 12.4. The van der Waals surface area contributed by atoms with Crippen LogP contribution in [-0.2, 0) is 4.74 Å². The van der Waals surface area contributed by atoms with Crippen LogP contribution in [-0.4, -0.2) is 85.6 Å². The maximum Gasteiger partial charge on any atom is 0.232 e. The summed E-state index contributed by atoms with van der Waals surface area (Å²) in [5, 5.41) is 7.18. The van der Waals surface area contributed by atoms with Crippen LogP contribution in [0.3, 0.4) is 0 Å². The number of morpholine rings is 1. The van der Waals surface area contributed by atoms with Gasteiger partial charge in [-0.1, -0.05) is 19.8 Å². The number of anilines is 3. The molecule has 4 heterocycles. The van der Waals surface area contributed by atoms with E-state index in [4.69, 9.17) is 26.9 Å². The average Bonchev–Trinajstić information content (AvgIpc) is 3.09. The van der Waals surface area contributed by atoms with Crippen LogP contribution in [0.5, 0.6) is 0 Å². The summed E-state index contributed by atoms with van der Waals surface area (Å²) in [5.41, 5.74) is 0. The predicted octanol–water partition coefficient (Wildman–Crippen LogP) is 2.71. The predicted molar refractivity (Wildman–Crippen MR) is 135 cm³/mol. The zero-order valence-electron chi connectivity index (χ0n) is 19.5. The molecule has 0 unspecified atom stereocenters. The third-order valence-corrected chi connectivity index (χ3v) is 6.90. The lowest BCUT2D eigenvalue weighted by Crippen LogP contribution is -2.42. The lowest BCUT2D eigenvalue weighted by molar-refractivity contribution is 0.0389. The minimum atomic E-state index is 0.587. The molecule has 4 rings (SSSR count). The molecule has 1 aromatic heterocycles. The van der Waals surface area contributed by atoms with E-state index in [1.165, 1.54) is 38.5 Å². The first kappa shape index (κ1) is 23.4. The Morgan fingerprint density at radius 3 is 2.41 bits per heavy atom. The Labute approximate surface area is 198 Å². The van der Waals surface area contributed by atoms with Gasteiger partial charge in [0.1, 0.15) is 11.6 Å². The molecule has 1 aromatic rings. The number of aromatic nitrogens is 2. The fourth-order valence-corrected chi connectivity index (χ4v) is 4.99. The summed E-state index contributed by atoms with van der Waals surface area (Å²) in [6.45, 7) is 11.9. The molecule has 0 aromatic carbocycles. The van der Waals surface area contributed by atoms with Crippen LogP contribution in [0.2, 0.25) is 0 Å². The van der Waals surface area contributed by atoms with E-state index in [9.17, 15) is 0 Å². The molecule has 8 nitrogen and oxygen atoms in total. The van der Waals surface area contributed by atoms with Gasteiger partial charge < -0.3 is 25.2 Å². The summed E-state index contributed by atoms with van der Waals surface area (Å²) in [7, 11) is 0. The van der Waals surface area contributed by atoms with Crippen molar-refractivity contribution >= 4 is 34.9 Å². The van der Waals surface area contributed by atoms with Crippen molar-refractivity contribution in [2.24, 2.45) is 5.92 Å². The molecule has 3 aliphatic heterocycles. The normalized spacial score (nSPS) is 23.0. The van der Waals surface area contributed by atoms with Crippen molar-refractivity contribution < 1.29 is 4.74 Å². The van der Waals surface area contributed by atoms with Crippen LogP contribution in [0, 0.1) is 5.92 Å². The van der Waals surface area contributed by atoms with Gasteiger partial charge >= 0.3 is 0 Å². The van der Waals surface area contributed by atoms with Gasteiger partial charge in [0, 0.05) is 58.4 Å². The van der Waals surface area contributed by atoms with E-state index in [2.05, 4.69) is 38.3 Å². The molecule has 9 heteroatoms. The topological polar surface area (TPSA) is 68.8 Å². The number of hydrogen-bond acceptors (Lipinski definition) is 7. The summed E-state index contributed by atoms with van der Waals surface area (Å²) in [6, 6.07) is 2.18. The van der Waals surface area contributed by atoms with Crippen LogP contribution in [0.4, 0.5) is 17.6 Å². The van der Waals surface area contributed by atoms with Gasteiger partial charge in [0.2, 0.25) is 5.95 Å². The van der Waals surface area contributed by atoms with Crippen molar-refractivity contribution in [1.29, 1.82) is 0 Å². The van der Waals surface area contributed by atoms with Gasteiger partial charge in [-0.15, -0.1) is 0 Å². The van der Waals surface area contributed by atoms with Crippen molar-refractivity contribution in [3.05, 3.63) is 6.07 Å². The first-order chi connectivity index (χ1) is 15.7. The summed E-state index contributed by atoms with van der Waals surface area (Å²) < 4.78 is 5.42. The van der Waals surface area contributed by atoms with Crippen molar-refractivity contribution in [3.8, 4) is 0 Å². The minimum absolute atomic E-state index is 0.587. The number of nitrogens with one attached hydrogen (secondary N) is 2. The van der Waals surface area contributed by atoms with Gasteiger partial charge in [-0.25, -0.2) is 0 Å². The highest BCUT2D eigenvalue weighted by Gasteiger charge is 2.21. The Hall–Kier alpha value is -1.71. The number of rotatable bonds is 6. The van der Waals surface area contributed by atoms with Gasteiger partial charge in [-0.2, -0.15) is 9.97 Å². The summed E-state index contributed by atoms with van der Waals surface area (Å²) in [4.78, 5) is 17.0. The second-order valence-corrected chi connectivity index (χ2v) is 9.75. The zero-order chi connectivity index (χ0) is 22.2. The molecule has 0 radical (unpaired) electrons. The molecule has 0 saturated carbocycles. The van der Waals surface area contributed by atoms with Crippen molar-refractivity contribution in [2.75, 3.05) is 80.7 Å². The number of piperidine rings is 1. The fourth-order valence-electron chi connectivity index (χ4n) is 4.80. The maximum absolute atomic E-state index is 5.57. The lowest BCUT2D eigenvalue weighted by atomic mass is 10.0. The average molecular weight is 462 g/mol. The van der Waals surface area contributed by atoms with Crippen molar-refractivity contribution in [2.45, 2.75) is 45.4 Å². The van der Waals surface area contributed by atoms with E-state index in [1.54, 1.807) is 0 Å². The highest BCUT2D eigenvalue weighted by Crippen LogP contribution is 2.27. The largest absolute Gasteiger partial charge is 0.379 e. The van der Waals surface area contributed by atoms with E-state index >= 15 is 0 Å². The fraction of sp³-hybridized carbons (Fsp3) is 0.783. The molecule has 3 fully saturated rings.